The van der Waals surface area contributed by atoms with E-state index >= 15 is 0 Å². The lowest BCUT2D eigenvalue weighted by Crippen LogP contribution is -2.18. The molecule has 5 nitrogen and oxygen atoms in total. The highest BCUT2D eigenvalue weighted by atomic mass is 19.1. The molecule has 0 aliphatic heterocycles. The number of nitrogens with zero attached hydrogens (tertiary/aromatic N) is 3. The minimum absolute atomic E-state index is 0.127. The van der Waals surface area contributed by atoms with Gasteiger partial charge in [-0.15, -0.1) is 0 Å². The van der Waals surface area contributed by atoms with Crippen LogP contribution in [0, 0.1) is 5.82 Å². The van der Waals surface area contributed by atoms with E-state index in [1.807, 2.05) is 6.92 Å². The molecule has 0 amide bonds. The molecule has 0 bridgehead atoms. The minimum atomic E-state index is -1.13. The normalized spacial score (nSPS) is 10.2. The number of aromatic nitrogens is 2. The van der Waals surface area contributed by atoms with Gasteiger partial charge in [0.1, 0.15) is 5.82 Å². The Hall–Kier alpha value is -2.50. The predicted octanol–water partition coefficient (Wildman–Crippen LogP) is 2.47. The fraction of sp³-hybridized carbons (Fsp3) is 0.154. The summed E-state index contributed by atoms with van der Waals surface area (Å²) in [5.41, 5.74) is 0.596. The Morgan fingerprint density at radius 2 is 2.00 bits per heavy atom. The first-order chi connectivity index (χ1) is 9.11. The molecule has 2 aromatic rings. The maximum Gasteiger partial charge on any atom is 0.356 e. The van der Waals surface area contributed by atoms with Gasteiger partial charge in [-0.3, -0.25) is 4.98 Å². The molecule has 2 rings (SSSR count). The number of carboxylic acid groups (broad SMARTS) is 1. The van der Waals surface area contributed by atoms with Crippen LogP contribution in [-0.2, 0) is 0 Å². The van der Waals surface area contributed by atoms with Gasteiger partial charge in [0.15, 0.2) is 11.5 Å². The van der Waals surface area contributed by atoms with Crippen LogP contribution in [0.2, 0.25) is 0 Å². The van der Waals surface area contributed by atoms with Crippen molar-refractivity contribution < 1.29 is 14.3 Å². The van der Waals surface area contributed by atoms with Gasteiger partial charge in [-0.2, -0.15) is 0 Å². The van der Waals surface area contributed by atoms with Crippen LogP contribution in [-0.4, -0.2) is 27.6 Å². The van der Waals surface area contributed by atoms with Crippen molar-refractivity contribution in [1.82, 2.24) is 9.97 Å². The van der Waals surface area contributed by atoms with E-state index in [9.17, 15) is 9.18 Å². The summed E-state index contributed by atoms with van der Waals surface area (Å²) in [6.07, 6.45) is 2.66. The summed E-state index contributed by atoms with van der Waals surface area (Å²) in [6.45, 7) is 2.45. The molecule has 0 atom stereocenters. The van der Waals surface area contributed by atoms with Crippen LogP contribution >= 0.6 is 0 Å². The first kappa shape index (κ1) is 12.9. The molecule has 98 valence electrons. The van der Waals surface area contributed by atoms with Crippen molar-refractivity contribution in [3.63, 3.8) is 0 Å². The topological polar surface area (TPSA) is 66.3 Å². The van der Waals surface area contributed by atoms with Crippen LogP contribution in [0.4, 0.5) is 15.9 Å². The largest absolute Gasteiger partial charge is 0.476 e. The Labute approximate surface area is 109 Å². The van der Waals surface area contributed by atoms with Crippen molar-refractivity contribution in [3.05, 3.63) is 48.2 Å². The SMILES string of the molecule is CCN(c1ccc(F)cc1)c1cncc(C(=O)O)n1. The molecule has 0 fully saturated rings. The summed E-state index contributed by atoms with van der Waals surface area (Å²) in [5, 5.41) is 8.90. The maximum absolute atomic E-state index is 12.9. The molecule has 0 aliphatic carbocycles. The van der Waals surface area contributed by atoms with Gasteiger partial charge >= 0.3 is 5.97 Å². The monoisotopic (exact) mass is 261 g/mol. The molecule has 19 heavy (non-hydrogen) atoms. The number of hydrogen-bond donors (Lipinski definition) is 1. The zero-order valence-corrected chi connectivity index (χ0v) is 10.2. The van der Waals surface area contributed by atoms with Crippen molar-refractivity contribution in [3.8, 4) is 0 Å². The quantitative estimate of drug-likeness (QED) is 0.915. The number of halogens is 1. The van der Waals surface area contributed by atoms with Crippen LogP contribution in [0.3, 0.4) is 0 Å². The van der Waals surface area contributed by atoms with E-state index in [1.165, 1.54) is 24.5 Å². The smallest absolute Gasteiger partial charge is 0.356 e. The third-order valence-corrected chi connectivity index (χ3v) is 2.57. The van der Waals surface area contributed by atoms with Crippen molar-refractivity contribution >= 4 is 17.5 Å². The maximum atomic E-state index is 12.9. The van der Waals surface area contributed by atoms with Gasteiger partial charge in [-0.1, -0.05) is 0 Å². The lowest BCUT2D eigenvalue weighted by molar-refractivity contribution is 0.0690. The number of carbonyl (C=O) groups is 1. The summed E-state index contributed by atoms with van der Waals surface area (Å²) in [4.78, 5) is 20.5. The zero-order chi connectivity index (χ0) is 13.8. The Balaban J connectivity index is 2.39. The third-order valence-electron chi connectivity index (χ3n) is 2.57. The van der Waals surface area contributed by atoms with E-state index in [0.29, 0.717) is 12.4 Å². The third kappa shape index (κ3) is 2.85. The second-order valence-corrected chi connectivity index (χ2v) is 3.79. The number of hydrogen-bond acceptors (Lipinski definition) is 4. The average Bonchev–Trinajstić information content (AvgIpc) is 2.42. The Morgan fingerprint density at radius 3 is 2.58 bits per heavy atom. The summed E-state index contributed by atoms with van der Waals surface area (Å²) >= 11 is 0. The molecule has 0 saturated carbocycles. The molecule has 0 saturated heterocycles. The van der Waals surface area contributed by atoms with Gasteiger partial charge < -0.3 is 10.0 Å². The van der Waals surface area contributed by atoms with Crippen molar-refractivity contribution in [2.45, 2.75) is 6.92 Å². The van der Waals surface area contributed by atoms with E-state index < -0.39 is 5.97 Å². The molecular weight excluding hydrogens is 249 g/mol. The summed E-state index contributed by atoms with van der Waals surface area (Å²) in [7, 11) is 0. The molecule has 0 unspecified atom stereocenters. The van der Waals surface area contributed by atoms with E-state index in [-0.39, 0.29) is 11.5 Å². The number of rotatable bonds is 4. The van der Waals surface area contributed by atoms with Gasteiger partial charge in [-0.25, -0.2) is 14.2 Å². The molecule has 1 heterocycles. The fourth-order valence-corrected chi connectivity index (χ4v) is 1.69. The molecular formula is C13H12FN3O2. The lowest BCUT2D eigenvalue weighted by Gasteiger charge is -2.21. The molecule has 1 aromatic heterocycles. The second-order valence-electron chi connectivity index (χ2n) is 3.79. The number of anilines is 2. The van der Waals surface area contributed by atoms with Gasteiger partial charge in [-0.05, 0) is 31.2 Å². The summed E-state index contributed by atoms with van der Waals surface area (Å²) in [6, 6.07) is 5.89. The second kappa shape index (κ2) is 5.43. The Bertz CT molecular complexity index is 587. The highest BCUT2D eigenvalue weighted by Crippen LogP contribution is 2.22. The van der Waals surface area contributed by atoms with E-state index in [1.54, 1.807) is 17.0 Å². The average molecular weight is 261 g/mol. The molecule has 1 aromatic carbocycles. The van der Waals surface area contributed by atoms with E-state index in [2.05, 4.69) is 9.97 Å². The summed E-state index contributed by atoms with van der Waals surface area (Å²) in [5.74, 6) is -1.05. The standard InChI is InChI=1S/C13H12FN3O2/c1-2-17(10-5-3-9(14)4-6-10)12-8-15-7-11(16-12)13(18)19/h3-8H,2H2,1H3,(H,18,19). The van der Waals surface area contributed by atoms with Crippen molar-refractivity contribution in [2.75, 3.05) is 11.4 Å². The molecule has 0 aliphatic rings. The van der Waals surface area contributed by atoms with Crippen LogP contribution < -0.4 is 4.90 Å². The minimum Gasteiger partial charge on any atom is -0.476 e. The molecule has 0 radical (unpaired) electrons. The van der Waals surface area contributed by atoms with E-state index in [4.69, 9.17) is 5.11 Å². The van der Waals surface area contributed by atoms with Crippen LogP contribution in [0.15, 0.2) is 36.7 Å². The number of benzene rings is 1. The van der Waals surface area contributed by atoms with Gasteiger partial charge in [0.25, 0.3) is 0 Å². The highest BCUT2D eigenvalue weighted by molar-refractivity contribution is 5.85. The van der Waals surface area contributed by atoms with Crippen molar-refractivity contribution in [1.29, 1.82) is 0 Å². The number of carboxylic acids is 1. The summed E-state index contributed by atoms with van der Waals surface area (Å²) < 4.78 is 12.9. The highest BCUT2D eigenvalue weighted by Gasteiger charge is 2.12. The molecule has 6 heteroatoms. The predicted molar refractivity (Wildman–Crippen MR) is 68.1 cm³/mol. The van der Waals surface area contributed by atoms with Gasteiger partial charge in [0.05, 0.1) is 12.4 Å². The number of aromatic carboxylic acids is 1. The lowest BCUT2D eigenvalue weighted by atomic mass is 10.3. The van der Waals surface area contributed by atoms with Crippen LogP contribution in [0.5, 0.6) is 0 Å². The zero-order valence-electron chi connectivity index (χ0n) is 10.2. The Morgan fingerprint density at radius 1 is 1.32 bits per heavy atom. The first-order valence-electron chi connectivity index (χ1n) is 5.70. The van der Waals surface area contributed by atoms with Crippen LogP contribution in [0.25, 0.3) is 0 Å². The van der Waals surface area contributed by atoms with E-state index in [0.717, 1.165) is 5.69 Å². The first-order valence-corrected chi connectivity index (χ1v) is 5.70. The Kier molecular flexibility index (Phi) is 3.70. The van der Waals surface area contributed by atoms with Crippen LogP contribution in [0.1, 0.15) is 17.4 Å². The van der Waals surface area contributed by atoms with Crippen molar-refractivity contribution in [2.24, 2.45) is 0 Å². The fourth-order valence-electron chi connectivity index (χ4n) is 1.69. The molecule has 0 spiro atoms. The van der Waals surface area contributed by atoms with Gasteiger partial charge in [0, 0.05) is 12.2 Å². The van der Waals surface area contributed by atoms with Gasteiger partial charge in [0.2, 0.25) is 0 Å². The molecule has 1 N–H and O–H groups in total.